The lowest BCUT2D eigenvalue weighted by Gasteiger charge is -2.28. The molecule has 5 N–H and O–H groups in total. The summed E-state index contributed by atoms with van der Waals surface area (Å²) in [5.74, 6) is -1.50. The molecule has 1 aliphatic rings. The molecule has 0 spiro atoms. The predicted molar refractivity (Wildman–Crippen MR) is 170 cm³/mol. The van der Waals surface area contributed by atoms with E-state index in [4.69, 9.17) is 29.2 Å². The van der Waals surface area contributed by atoms with Gasteiger partial charge >= 0.3 is 19.6 Å². The van der Waals surface area contributed by atoms with Crippen molar-refractivity contribution < 1.29 is 47.1 Å². The van der Waals surface area contributed by atoms with Crippen LogP contribution in [0.2, 0.25) is 0 Å². The first kappa shape index (κ1) is 38.5. The molecular formula is C29H49FN7O9P. The second kappa shape index (κ2) is 14.7. The molecule has 0 radical (unpaired) electrons. The van der Waals surface area contributed by atoms with Crippen LogP contribution in [0, 0.1) is 10.8 Å². The van der Waals surface area contributed by atoms with E-state index in [1.807, 2.05) is 41.5 Å². The van der Waals surface area contributed by atoms with Crippen LogP contribution in [0.4, 0.5) is 10.3 Å². The van der Waals surface area contributed by atoms with Crippen LogP contribution in [0.1, 0.15) is 75.5 Å². The monoisotopic (exact) mass is 689 g/mol. The molecule has 0 saturated carbocycles. The zero-order valence-electron chi connectivity index (χ0n) is 28.7. The molecular weight excluding hydrogens is 640 g/mol. The van der Waals surface area contributed by atoms with Crippen molar-refractivity contribution in [1.82, 2.24) is 29.7 Å². The number of hydrogen-bond acceptors (Lipinski definition) is 13. The van der Waals surface area contributed by atoms with Gasteiger partial charge < -0.3 is 34.3 Å². The number of nitrogens with zero attached hydrogens (tertiary/aromatic N) is 4. The normalized spacial score (nSPS) is 23.4. The minimum Gasteiger partial charge on any atom is -0.476 e. The van der Waals surface area contributed by atoms with Gasteiger partial charge in [0.1, 0.15) is 24.3 Å². The van der Waals surface area contributed by atoms with Crippen molar-refractivity contribution in [2.45, 2.75) is 105 Å². The fourth-order valence-corrected chi connectivity index (χ4v) is 6.21. The summed E-state index contributed by atoms with van der Waals surface area (Å²) in [5.41, 5.74) is 3.07. The lowest BCUT2D eigenvalue weighted by Crippen LogP contribution is -2.44. The summed E-state index contributed by atoms with van der Waals surface area (Å²) in [4.78, 5) is 37.9. The van der Waals surface area contributed by atoms with Gasteiger partial charge in [0.05, 0.1) is 32.8 Å². The van der Waals surface area contributed by atoms with Gasteiger partial charge in [-0.15, -0.1) is 0 Å². The van der Waals surface area contributed by atoms with Crippen molar-refractivity contribution in [3.8, 4) is 5.88 Å². The van der Waals surface area contributed by atoms with Gasteiger partial charge in [-0.25, -0.2) is 19.5 Å². The topological polar surface area (TPSA) is 211 Å². The number of aliphatic hydroxyl groups excluding tert-OH is 1. The third-order valence-electron chi connectivity index (χ3n) is 6.81. The molecule has 16 nitrogen and oxygen atoms in total. The van der Waals surface area contributed by atoms with E-state index in [9.17, 15) is 19.3 Å². The van der Waals surface area contributed by atoms with Crippen molar-refractivity contribution in [3.63, 3.8) is 0 Å². The number of nitrogens with one attached hydrogen (secondary N) is 2. The average Bonchev–Trinajstić information content (AvgIpc) is 3.45. The summed E-state index contributed by atoms with van der Waals surface area (Å²) in [6, 6.07) is -2.33. The number of imidazole rings is 1. The maximum Gasteiger partial charge on any atom is 0.342 e. The number of aromatic nitrogens is 4. The quantitative estimate of drug-likeness (QED) is 0.166. The van der Waals surface area contributed by atoms with Crippen molar-refractivity contribution in [2.24, 2.45) is 10.8 Å². The van der Waals surface area contributed by atoms with Crippen LogP contribution in [0.25, 0.3) is 11.2 Å². The summed E-state index contributed by atoms with van der Waals surface area (Å²) in [5, 5.41) is 16.2. The minimum absolute atomic E-state index is 0.0934. The zero-order chi connectivity index (χ0) is 35.5. The number of ether oxygens (including phenoxy) is 4. The molecule has 0 aromatic carbocycles. The summed E-state index contributed by atoms with van der Waals surface area (Å²) >= 11 is 0. The van der Waals surface area contributed by atoms with Crippen LogP contribution < -0.4 is 20.6 Å². The molecule has 1 saturated heterocycles. The Morgan fingerprint density at radius 1 is 1.11 bits per heavy atom. The number of carbonyl (C=O) groups excluding carboxylic acids is 2. The SMILES string of the molecule is CCOc1nc(N)nc2c1ncn2[C@@H]1O[C@H](COP(=O)(N[C@@H](C)C(=O)OCC(C)(C)C)N[C@@H](C)C(=O)OCC(C)(C)C)[C@@H](O)[C@@]1(C)F. The van der Waals surface area contributed by atoms with Crippen LogP contribution in [0.15, 0.2) is 6.33 Å². The number of halogens is 1. The zero-order valence-corrected chi connectivity index (χ0v) is 29.6. The Hall–Kier alpha value is -2.95. The Balaban J connectivity index is 1.83. The third-order valence-corrected chi connectivity index (χ3v) is 8.77. The number of alkyl halides is 1. The fourth-order valence-electron chi connectivity index (χ4n) is 4.40. The van der Waals surface area contributed by atoms with Crippen molar-refractivity contribution in [1.29, 1.82) is 0 Å². The molecule has 0 unspecified atom stereocenters. The van der Waals surface area contributed by atoms with Gasteiger partial charge in [0.2, 0.25) is 11.8 Å². The molecule has 1 fully saturated rings. The predicted octanol–water partition coefficient (Wildman–Crippen LogP) is 3.05. The summed E-state index contributed by atoms with van der Waals surface area (Å²) in [6.07, 6.45) is -3.38. The van der Waals surface area contributed by atoms with Gasteiger partial charge in [-0.3, -0.25) is 18.7 Å². The van der Waals surface area contributed by atoms with Gasteiger partial charge in [0, 0.05) is 0 Å². The van der Waals surface area contributed by atoms with Gasteiger partial charge in [-0.2, -0.15) is 9.97 Å². The number of anilines is 1. The molecule has 6 atom stereocenters. The first-order valence-corrected chi connectivity index (χ1v) is 17.0. The van der Waals surface area contributed by atoms with Crippen molar-refractivity contribution in [2.75, 3.05) is 32.2 Å². The number of fused-ring (bicyclic) bond motifs is 1. The number of hydrogen-bond donors (Lipinski definition) is 4. The van der Waals surface area contributed by atoms with Crippen LogP contribution in [-0.2, 0) is 32.9 Å². The lowest BCUT2D eigenvalue weighted by molar-refractivity contribution is -0.148. The number of esters is 2. The number of carbonyl (C=O) groups is 2. The molecule has 18 heteroatoms. The largest absolute Gasteiger partial charge is 0.476 e. The first-order chi connectivity index (χ1) is 21.6. The number of nitrogens with two attached hydrogens (primary N) is 1. The molecule has 0 bridgehead atoms. The minimum atomic E-state index is -4.32. The highest BCUT2D eigenvalue weighted by Gasteiger charge is 2.56. The van der Waals surface area contributed by atoms with Gasteiger partial charge in [-0.1, -0.05) is 41.5 Å². The fraction of sp³-hybridized carbons (Fsp3) is 0.759. The Labute approximate surface area is 274 Å². The molecule has 2 aromatic rings. The molecule has 266 valence electrons. The summed E-state index contributed by atoms with van der Waals surface area (Å²) in [7, 11) is -4.32. The maximum absolute atomic E-state index is 16.2. The Morgan fingerprint density at radius 2 is 1.64 bits per heavy atom. The molecule has 47 heavy (non-hydrogen) atoms. The Morgan fingerprint density at radius 3 is 2.13 bits per heavy atom. The molecule has 3 heterocycles. The number of aliphatic hydroxyl groups is 1. The first-order valence-electron chi connectivity index (χ1n) is 15.4. The van der Waals surface area contributed by atoms with E-state index in [1.165, 1.54) is 24.7 Å². The Bertz CT molecular complexity index is 1420. The van der Waals surface area contributed by atoms with E-state index >= 15 is 4.39 Å². The van der Waals surface area contributed by atoms with Crippen LogP contribution in [0.3, 0.4) is 0 Å². The second-order valence-electron chi connectivity index (χ2n) is 14.2. The van der Waals surface area contributed by atoms with E-state index in [0.29, 0.717) is 0 Å². The molecule has 1 aliphatic heterocycles. The van der Waals surface area contributed by atoms with Gasteiger partial charge in [0.25, 0.3) is 0 Å². The van der Waals surface area contributed by atoms with Crippen molar-refractivity contribution in [3.05, 3.63) is 6.33 Å². The third kappa shape index (κ3) is 10.0. The average molecular weight is 690 g/mol. The van der Waals surface area contributed by atoms with E-state index in [0.717, 1.165) is 6.92 Å². The highest BCUT2D eigenvalue weighted by molar-refractivity contribution is 7.54. The summed E-state index contributed by atoms with van der Waals surface area (Å²) in [6.45, 7) is 16.8. The smallest absolute Gasteiger partial charge is 0.342 e. The van der Waals surface area contributed by atoms with Crippen LogP contribution in [0.5, 0.6) is 5.88 Å². The molecule has 0 aliphatic carbocycles. The van der Waals surface area contributed by atoms with Crippen LogP contribution in [-0.4, -0.2) is 93.0 Å². The van der Waals surface area contributed by atoms with Gasteiger partial charge in [0.15, 0.2) is 23.1 Å². The van der Waals surface area contributed by atoms with E-state index < -0.39 is 62.4 Å². The standard InChI is InChI=1S/C29H49FN7O9P/c1-11-42-22-19-21(33-26(31)34-22)37(15-32-19)25-29(10,30)20(38)18(46-25)12-45-47(41,35-16(2)23(39)43-13-27(4,5)6)36-17(3)24(40)44-14-28(7,8)9/h15-18,20,25,38H,11-14H2,1-10H3,(H2,31,33,34)(H2,35,36,41)/t16-,17-,18+,20+,25+,29+/m0/s1. The number of rotatable bonds is 14. The maximum atomic E-state index is 16.2. The highest BCUT2D eigenvalue weighted by atomic mass is 31.2. The molecule has 2 aromatic heterocycles. The second-order valence-corrected chi connectivity index (χ2v) is 16.0. The van der Waals surface area contributed by atoms with Crippen molar-refractivity contribution >= 4 is 36.7 Å². The molecule has 0 amide bonds. The van der Waals surface area contributed by atoms with Crippen LogP contribution >= 0.6 is 7.67 Å². The molecule has 3 rings (SSSR count). The van der Waals surface area contributed by atoms with E-state index in [-0.39, 0.29) is 53.6 Å². The summed E-state index contributed by atoms with van der Waals surface area (Å²) < 4.78 is 59.3. The van der Waals surface area contributed by atoms with E-state index in [1.54, 1.807) is 6.92 Å². The lowest BCUT2D eigenvalue weighted by atomic mass is 9.98. The number of nitrogen functional groups attached to an aromatic ring is 1. The Kier molecular flexibility index (Phi) is 12.0. The van der Waals surface area contributed by atoms with E-state index in [2.05, 4.69) is 25.1 Å². The van der Waals surface area contributed by atoms with Gasteiger partial charge in [-0.05, 0) is 38.5 Å². The highest BCUT2D eigenvalue weighted by Crippen LogP contribution is 2.46.